The van der Waals surface area contributed by atoms with Crippen molar-refractivity contribution in [2.75, 3.05) is 0 Å². The van der Waals surface area contributed by atoms with Crippen LogP contribution in [0.25, 0.3) is 5.69 Å². The minimum atomic E-state index is -0.455. The minimum absolute atomic E-state index is 0.0970. The minimum Gasteiger partial charge on any atom is -0.292 e. The van der Waals surface area contributed by atoms with Crippen molar-refractivity contribution < 1.29 is 4.79 Å². The molecule has 0 bridgehead atoms. The fourth-order valence-electron chi connectivity index (χ4n) is 1.68. The van der Waals surface area contributed by atoms with Gasteiger partial charge >= 0.3 is 0 Å². The van der Waals surface area contributed by atoms with E-state index in [4.69, 9.17) is 0 Å². The molecule has 0 unspecified atom stereocenters. The number of carbonyl (C=O) groups is 1. The van der Waals surface area contributed by atoms with E-state index >= 15 is 0 Å². The van der Waals surface area contributed by atoms with Gasteiger partial charge < -0.3 is 0 Å². The SMILES string of the molecule is Cc1ccc(-n2cc(C)s/c2=N\C(=O)C(C)(C)C)cc1. The van der Waals surface area contributed by atoms with Crippen molar-refractivity contribution in [1.82, 2.24) is 4.57 Å². The Morgan fingerprint density at radius 1 is 1.15 bits per heavy atom. The Morgan fingerprint density at radius 3 is 2.30 bits per heavy atom. The highest BCUT2D eigenvalue weighted by atomic mass is 32.1. The molecule has 0 radical (unpaired) electrons. The lowest BCUT2D eigenvalue weighted by Crippen LogP contribution is -2.22. The van der Waals surface area contributed by atoms with Crippen molar-refractivity contribution >= 4 is 17.2 Å². The molecular weight excluding hydrogens is 268 g/mol. The number of aromatic nitrogens is 1. The number of hydrogen-bond acceptors (Lipinski definition) is 2. The molecule has 0 fully saturated rings. The lowest BCUT2D eigenvalue weighted by atomic mass is 9.96. The number of rotatable bonds is 1. The highest BCUT2D eigenvalue weighted by molar-refractivity contribution is 7.09. The molecule has 1 amide bonds. The van der Waals surface area contributed by atoms with Crippen molar-refractivity contribution in [2.45, 2.75) is 34.6 Å². The van der Waals surface area contributed by atoms with Gasteiger partial charge in [-0.15, -0.1) is 11.3 Å². The van der Waals surface area contributed by atoms with Crippen molar-refractivity contribution in [1.29, 1.82) is 0 Å². The molecule has 106 valence electrons. The van der Waals surface area contributed by atoms with Crippen LogP contribution < -0.4 is 4.80 Å². The number of hydrogen-bond donors (Lipinski definition) is 0. The lowest BCUT2D eigenvalue weighted by Gasteiger charge is -2.11. The van der Waals surface area contributed by atoms with Gasteiger partial charge in [0.05, 0.1) is 0 Å². The van der Waals surface area contributed by atoms with Crippen molar-refractivity contribution in [2.24, 2.45) is 10.4 Å². The predicted octanol–water partition coefficient (Wildman–Crippen LogP) is 3.63. The second-order valence-corrected chi connectivity index (χ2v) is 7.21. The normalized spacial score (nSPS) is 12.8. The topological polar surface area (TPSA) is 34.4 Å². The maximum atomic E-state index is 12.1. The molecule has 0 N–H and O–H groups in total. The summed E-state index contributed by atoms with van der Waals surface area (Å²) in [4.78, 5) is 18.3. The van der Waals surface area contributed by atoms with Crippen LogP contribution in [0.5, 0.6) is 0 Å². The zero-order chi connectivity index (χ0) is 14.9. The fourth-order valence-corrected chi connectivity index (χ4v) is 2.51. The fraction of sp³-hybridized carbons (Fsp3) is 0.375. The molecule has 0 spiro atoms. The molecule has 3 nitrogen and oxygen atoms in total. The average molecular weight is 288 g/mol. The van der Waals surface area contributed by atoms with Gasteiger partial charge in [-0.1, -0.05) is 38.5 Å². The average Bonchev–Trinajstić information content (AvgIpc) is 2.70. The van der Waals surface area contributed by atoms with Gasteiger partial charge in [0.1, 0.15) is 0 Å². The third-order valence-electron chi connectivity index (χ3n) is 2.92. The molecule has 0 aliphatic heterocycles. The van der Waals surface area contributed by atoms with E-state index in [-0.39, 0.29) is 5.91 Å². The van der Waals surface area contributed by atoms with Gasteiger partial charge in [-0.05, 0) is 26.0 Å². The van der Waals surface area contributed by atoms with Gasteiger partial charge in [0.15, 0.2) is 4.80 Å². The van der Waals surface area contributed by atoms with E-state index in [1.165, 1.54) is 16.9 Å². The van der Waals surface area contributed by atoms with Crippen LogP contribution in [0.4, 0.5) is 0 Å². The highest BCUT2D eigenvalue weighted by Crippen LogP contribution is 2.16. The number of aryl methyl sites for hydroxylation is 2. The summed E-state index contributed by atoms with van der Waals surface area (Å²) in [6.45, 7) is 9.73. The van der Waals surface area contributed by atoms with Gasteiger partial charge in [-0.3, -0.25) is 9.36 Å². The summed E-state index contributed by atoms with van der Waals surface area (Å²) in [7, 11) is 0. The third-order valence-corrected chi connectivity index (χ3v) is 3.82. The van der Waals surface area contributed by atoms with Crippen LogP contribution in [-0.4, -0.2) is 10.5 Å². The lowest BCUT2D eigenvalue weighted by molar-refractivity contribution is -0.125. The first kappa shape index (κ1) is 14.7. The van der Waals surface area contributed by atoms with E-state index in [1.807, 2.05) is 50.6 Å². The van der Waals surface area contributed by atoms with Crippen LogP contribution in [0.2, 0.25) is 0 Å². The summed E-state index contributed by atoms with van der Waals surface area (Å²) in [6, 6.07) is 8.21. The molecule has 1 aromatic carbocycles. The van der Waals surface area contributed by atoms with Gasteiger partial charge in [-0.2, -0.15) is 4.99 Å². The van der Waals surface area contributed by atoms with E-state index in [2.05, 4.69) is 24.0 Å². The molecule has 20 heavy (non-hydrogen) atoms. The number of benzene rings is 1. The Morgan fingerprint density at radius 2 is 1.75 bits per heavy atom. The summed E-state index contributed by atoms with van der Waals surface area (Å²) >= 11 is 1.53. The summed E-state index contributed by atoms with van der Waals surface area (Å²) in [5, 5.41) is 0. The largest absolute Gasteiger partial charge is 0.292 e. The van der Waals surface area contributed by atoms with Crippen molar-refractivity contribution in [3.05, 3.63) is 45.7 Å². The van der Waals surface area contributed by atoms with E-state index in [1.54, 1.807) is 0 Å². The van der Waals surface area contributed by atoms with Crippen LogP contribution in [0.3, 0.4) is 0 Å². The Kier molecular flexibility index (Phi) is 3.95. The van der Waals surface area contributed by atoms with Crippen LogP contribution >= 0.6 is 11.3 Å². The molecule has 2 aromatic rings. The standard InChI is InChI=1S/C16H20N2OS/c1-11-6-8-13(9-7-11)18-10-12(2)20-15(18)17-14(19)16(3,4)5/h6-10H,1-5H3/b17-15-. The van der Waals surface area contributed by atoms with Gasteiger partial charge in [0, 0.05) is 22.2 Å². The van der Waals surface area contributed by atoms with E-state index < -0.39 is 5.41 Å². The number of thiazole rings is 1. The van der Waals surface area contributed by atoms with Crippen molar-refractivity contribution in [3.63, 3.8) is 0 Å². The molecule has 0 saturated heterocycles. The predicted molar refractivity (Wildman–Crippen MR) is 83.1 cm³/mol. The van der Waals surface area contributed by atoms with E-state index in [9.17, 15) is 4.79 Å². The van der Waals surface area contributed by atoms with Gasteiger partial charge in [0.25, 0.3) is 5.91 Å². The molecule has 0 aliphatic carbocycles. The first-order valence-corrected chi connectivity index (χ1v) is 7.44. The molecular formula is C16H20N2OS. The van der Waals surface area contributed by atoms with Crippen LogP contribution in [-0.2, 0) is 4.79 Å². The first-order chi connectivity index (χ1) is 9.27. The second kappa shape index (κ2) is 5.37. The summed E-state index contributed by atoms with van der Waals surface area (Å²) < 4.78 is 1.98. The van der Waals surface area contributed by atoms with Gasteiger partial charge in [0.2, 0.25) is 0 Å². The second-order valence-electron chi connectivity index (χ2n) is 6.00. The maximum absolute atomic E-state index is 12.1. The Bertz CT molecular complexity index is 685. The quantitative estimate of drug-likeness (QED) is 0.789. The maximum Gasteiger partial charge on any atom is 0.253 e. The molecule has 2 rings (SSSR count). The van der Waals surface area contributed by atoms with Crippen LogP contribution in [0.15, 0.2) is 35.5 Å². The Labute approximate surface area is 123 Å². The van der Waals surface area contributed by atoms with Crippen molar-refractivity contribution in [3.8, 4) is 5.69 Å². The first-order valence-electron chi connectivity index (χ1n) is 6.63. The van der Waals surface area contributed by atoms with E-state index in [0.717, 1.165) is 15.4 Å². The Hall–Kier alpha value is -1.68. The third kappa shape index (κ3) is 3.25. The summed E-state index contributed by atoms with van der Waals surface area (Å²) in [5.74, 6) is -0.0970. The molecule has 1 heterocycles. The molecule has 4 heteroatoms. The zero-order valence-electron chi connectivity index (χ0n) is 12.6. The summed E-state index contributed by atoms with van der Waals surface area (Å²) in [6.07, 6.45) is 2.02. The zero-order valence-corrected chi connectivity index (χ0v) is 13.4. The molecule has 1 aromatic heterocycles. The molecule has 0 aliphatic rings. The summed E-state index contributed by atoms with van der Waals surface area (Å²) in [5.41, 5.74) is 1.79. The van der Waals surface area contributed by atoms with E-state index in [0.29, 0.717) is 0 Å². The monoisotopic (exact) mass is 288 g/mol. The van der Waals surface area contributed by atoms with Crippen LogP contribution in [0, 0.1) is 19.3 Å². The number of amides is 1. The highest BCUT2D eigenvalue weighted by Gasteiger charge is 2.20. The van der Waals surface area contributed by atoms with Gasteiger partial charge in [-0.25, -0.2) is 0 Å². The number of carbonyl (C=O) groups excluding carboxylic acids is 1. The Balaban J connectivity index is 2.54. The molecule has 0 atom stereocenters. The smallest absolute Gasteiger partial charge is 0.253 e. The van der Waals surface area contributed by atoms with Crippen LogP contribution in [0.1, 0.15) is 31.2 Å². The number of nitrogens with zero attached hydrogens (tertiary/aromatic N) is 2. The molecule has 0 saturated carbocycles.